The van der Waals surface area contributed by atoms with Crippen LogP contribution in [0.2, 0.25) is 0 Å². The molecule has 1 heterocycles. The average Bonchev–Trinajstić information content (AvgIpc) is 2.48. The molecular weight excluding hydrogens is 256 g/mol. The van der Waals surface area contributed by atoms with E-state index in [1.165, 1.54) is 12.1 Å². The Bertz CT molecular complexity index is 543. The molecule has 0 saturated carbocycles. The van der Waals surface area contributed by atoms with Gasteiger partial charge in [-0.3, -0.25) is 15.1 Å². The van der Waals surface area contributed by atoms with Gasteiger partial charge in [0.1, 0.15) is 0 Å². The summed E-state index contributed by atoms with van der Waals surface area (Å²) >= 11 is 0. The standard InChI is InChI=1S/C14H16N4O2/c19-18(20)14-5-3-13(4-6-14)17-9-8-16-11-12-2-1-7-15-10-12/h1-7,10,16-17H,8-9,11H2. The lowest BCUT2D eigenvalue weighted by Crippen LogP contribution is -2.21. The Morgan fingerprint density at radius 2 is 1.95 bits per heavy atom. The van der Waals surface area contributed by atoms with Crippen molar-refractivity contribution in [1.82, 2.24) is 10.3 Å². The summed E-state index contributed by atoms with van der Waals surface area (Å²) in [7, 11) is 0. The van der Waals surface area contributed by atoms with E-state index in [2.05, 4.69) is 15.6 Å². The fourth-order valence-electron chi connectivity index (χ4n) is 1.73. The third kappa shape index (κ3) is 4.33. The number of hydrogen-bond donors (Lipinski definition) is 2. The van der Waals surface area contributed by atoms with Crippen LogP contribution in [0.1, 0.15) is 5.56 Å². The smallest absolute Gasteiger partial charge is 0.269 e. The molecule has 0 amide bonds. The maximum absolute atomic E-state index is 10.5. The summed E-state index contributed by atoms with van der Waals surface area (Å²) in [5, 5.41) is 17.0. The fraction of sp³-hybridized carbons (Fsp3) is 0.214. The molecule has 6 heteroatoms. The van der Waals surface area contributed by atoms with Gasteiger partial charge in [0, 0.05) is 49.8 Å². The van der Waals surface area contributed by atoms with Crippen LogP contribution < -0.4 is 10.6 Å². The third-order valence-electron chi connectivity index (χ3n) is 2.76. The van der Waals surface area contributed by atoms with Gasteiger partial charge in [0.05, 0.1) is 4.92 Å². The Morgan fingerprint density at radius 1 is 1.15 bits per heavy atom. The number of nitrogens with one attached hydrogen (secondary N) is 2. The van der Waals surface area contributed by atoms with Crippen molar-refractivity contribution in [3.8, 4) is 0 Å². The topological polar surface area (TPSA) is 80.1 Å². The van der Waals surface area contributed by atoms with Gasteiger partial charge < -0.3 is 10.6 Å². The first-order valence-corrected chi connectivity index (χ1v) is 6.33. The molecule has 0 aliphatic heterocycles. The molecule has 20 heavy (non-hydrogen) atoms. The van der Waals surface area contributed by atoms with Crippen LogP contribution in [0.5, 0.6) is 0 Å². The average molecular weight is 272 g/mol. The molecule has 2 rings (SSSR count). The van der Waals surface area contributed by atoms with Crippen LogP contribution in [-0.4, -0.2) is 23.0 Å². The summed E-state index contributed by atoms with van der Waals surface area (Å²) in [6.07, 6.45) is 3.58. The summed E-state index contributed by atoms with van der Waals surface area (Å²) in [6.45, 7) is 2.32. The van der Waals surface area contributed by atoms with Crippen LogP contribution >= 0.6 is 0 Å². The van der Waals surface area contributed by atoms with Crippen molar-refractivity contribution >= 4 is 11.4 Å². The Labute approximate surface area is 117 Å². The van der Waals surface area contributed by atoms with Crippen LogP contribution in [0.25, 0.3) is 0 Å². The van der Waals surface area contributed by atoms with Crippen LogP contribution in [-0.2, 0) is 6.54 Å². The quantitative estimate of drug-likeness (QED) is 0.459. The van der Waals surface area contributed by atoms with E-state index in [1.54, 1.807) is 18.3 Å². The van der Waals surface area contributed by atoms with Crippen LogP contribution in [0.15, 0.2) is 48.8 Å². The van der Waals surface area contributed by atoms with Gasteiger partial charge in [0.25, 0.3) is 5.69 Å². The lowest BCUT2D eigenvalue weighted by molar-refractivity contribution is -0.384. The summed E-state index contributed by atoms with van der Waals surface area (Å²) in [6, 6.07) is 10.3. The van der Waals surface area contributed by atoms with Gasteiger partial charge in [-0.2, -0.15) is 0 Å². The Hall–Kier alpha value is -2.47. The van der Waals surface area contributed by atoms with E-state index >= 15 is 0 Å². The number of non-ortho nitro benzene ring substituents is 1. The van der Waals surface area contributed by atoms with Gasteiger partial charge in [-0.15, -0.1) is 0 Å². The number of anilines is 1. The Balaban J connectivity index is 1.67. The summed E-state index contributed by atoms with van der Waals surface area (Å²) in [5.41, 5.74) is 2.12. The van der Waals surface area contributed by atoms with E-state index in [0.29, 0.717) is 0 Å². The third-order valence-corrected chi connectivity index (χ3v) is 2.76. The molecule has 2 aromatic rings. The van der Waals surface area contributed by atoms with Crippen molar-refractivity contribution in [2.45, 2.75) is 6.54 Å². The second-order valence-electron chi connectivity index (χ2n) is 4.27. The van der Waals surface area contributed by atoms with E-state index in [-0.39, 0.29) is 5.69 Å². The Morgan fingerprint density at radius 3 is 2.60 bits per heavy atom. The lowest BCUT2D eigenvalue weighted by Gasteiger charge is -2.07. The SMILES string of the molecule is O=[N+]([O-])c1ccc(NCCNCc2cccnc2)cc1. The molecule has 0 atom stereocenters. The molecule has 6 nitrogen and oxygen atoms in total. The molecule has 1 aromatic heterocycles. The number of pyridine rings is 1. The van der Waals surface area contributed by atoms with E-state index in [0.717, 1.165) is 30.9 Å². The molecule has 0 saturated heterocycles. The minimum atomic E-state index is -0.404. The predicted molar refractivity (Wildman–Crippen MR) is 77.5 cm³/mol. The number of nitrogens with zero attached hydrogens (tertiary/aromatic N) is 2. The van der Waals surface area contributed by atoms with Crippen LogP contribution in [0.4, 0.5) is 11.4 Å². The number of aromatic nitrogens is 1. The number of hydrogen-bond acceptors (Lipinski definition) is 5. The lowest BCUT2D eigenvalue weighted by atomic mass is 10.3. The highest BCUT2D eigenvalue weighted by atomic mass is 16.6. The molecular formula is C14H16N4O2. The van der Waals surface area contributed by atoms with Gasteiger partial charge in [0.15, 0.2) is 0 Å². The van der Waals surface area contributed by atoms with E-state index in [9.17, 15) is 10.1 Å². The molecule has 0 spiro atoms. The van der Waals surface area contributed by atoms with Crippen molar-refractivity contribution < 1.29 is 4.92 Å². The monoisotopic (exact) mass is 272 g/mol. The minimum Gasteiger partial charge on any atom is -0.384 e. The second kappa shape index (κ2) is 7.20. The van der Waals surface area contributed by atoms with E-state index in [4.69, 9.17) is 0 Å². The number of nitro groups is 1. The highest BCUT2D eigenvalue weighted by Gasteiger charge is 2.02. The molecule has 0 radical (unpaired) electrons. The van der Waals surface area contributed by atoms with Crippen molar-refractivity contribution in [1.29, 1.82) is 0 Å². The molecule has 1 aromatic carbocycles. The van der Waals surface area contributed by atoms with Gasteiger partial charge in [-0.1, -0.05) is 6.07 Å². The van der Waals surface area contributed by atoms with E-state index in [1.807, 2.05) is 18.3 Å². The zero-order valence-electron chi connectivity index (χ0n) is 11.0. The fourth-order valence-corrected chi connectivity index (χ4v) is 1.73. The zero-order valence-corrected chi connectivity index (χ0v) is 11.0. The maximum Gasteiger partial charge on any atom is 0.269 e. The minimum absolute atomic E-state index is 0.102. The molecule has 0 fully saturated rings. The van der Waals surface area contributed by atoms with Crippen molar-refractivity contribution in [3.05, 3.63) is 64.5 Å². The highest BCUT2D eigenvalue weighted by Crippen LogP contribution is 2.14. The molecule has 0 bridgehead atoms. The second-order valence-corrected chi connectivity index (χ2v) is 4.27. The number of rotatable bonds is 7. The zero-order chi connectivity index (χ0) is 14.2. The van der Waals surface area contributed by atoms with Gasteiger partial charge in [-0.05, 0) is 23.8 Å². The molecule has 0 aliphatic carbocycles. The van der Waals surface area contributed by atoms with Crippen LogP contribution in [0, 0.1) is 10.1 Å². The van der Waals surface area contributed by atoms with Gasteiger partial charge in [-0.25, -0.2) is 0 Å². The summed E-state index contributed by atoms with van der Waals surface area (Å²) in [4.78, 5) is 14.2. The normalized spacial score (nSPS) is 10.2. The van der Waals surface area contributed by atoms with Crippen LogP contribution in [0.3, 0.4) is 0 Å². The maximum atomic E-state index is 10.5. The van der Waals surface area contributed by atoms with Gasteiger partial charge in [0.2, 0.25) is 0 Å². The van der Waals surface area contributed by atoms with Crippen molar-refractivity contribution in [2.24, 2.45) is 0 Å². The molecule has 104 valence electrons. The van der Waals surface area contributed by atoms with Gasteiger partial charge >= 0.3 is 0 Å². The molecule has 2 N–H and O–H groups in total. The Kier molecular flexibility index (Phi) is 5.02. The number of nitro benzene ring substituents is 1. The predicted octanol–water partition coefficient (Wildman–Crippen LogP) is 2.19. The number of benzene rings is 1. The first-order chi connectivity index (χ1) is 9.75. The highest BCUT2D eigenvalue weighted by molar-refractivity contribution is 5.48. The first-order valence-electron chi connectivity index (χ1n) is 6.33. The summed E-state index contributed by atoms with van der Waals surface area (Å²) < 4.78 is 0. The van der Waals surface area contributed by atoms with Crippen molar-refractivity contribution in [2.75, 3.05) is 18.4 Å². The first kappa shape index (κ1) is 14.0. The van der Waals surface area contributed by atoms with Crippen molar-refractivity contribution in [3.63, 3.8) is 0 Å². The molecule has 0 unspecified atom stereocenters. The summed E-state index contributed by atoms with van der Waals surface area (Å²) in [5.74, 6) is 0. The largest absolute Gasteiger partial charge is 0.384 e. The van der Waals surface area contributed by atoms with E-state index < -0.39 is 4.92 Å². The molecule has 0 aliphatic rings.